The van der Waals surface area contributed by atoms with Crippen molar-refractivity contribution in [3.05, 3.63) is 30.0 Å². The second kappa shape index (κ2) is 2.91. The van der Waals surface area contributed by atoms with Gasteiger partial charge in [-0.2, -0.15) is 0 Å². The number of pyridine rings is 1. The maximum atomic E-state index is 9.13. The first-order valence-electron chi connectivity index (χ1n) is 3.40. The van der Waals surface area contributed by atoms with E-state index in [0.29, 0.717) is 0 Å². The summed E-state index contributed by atoms with van der Waals surface area (Å²) in [7, 11) is 0. The third-order valence-electron chi connectivity index (χ3n) is 1.49. The topological polar surface area (TPSA) is 46.0 Å². The average molecular weight is 178 g/mol. The average Bonchev–Trinajstić information content (AvgIpc) is 2.56. The number of hydrogen-bond acceptors (Lipinski definition) is 4. The number of rotatable bonds is 1. The first-order chi connectivity index (χ1) is 5.86. The van der Waals surface area contributed by atoms with E-state index < -0.39 is 0 Å². The summed E-state index contributed by atoms with van der Waals surface area (Å²) in [5.74, 6) is 0.179. The highest BCUT2D eigenvalue weighted by molar-refractivity contribution is 7.03. The van der Waals surface area contributed by atoms with Gasteiger partial charge in [-0.3, -0.25) is 4.98 Å². The lowest BCUT2D eigenvalue weighted by Crippen LogP contribution is -1.76. The third kappa shape index (κ3) is 1.29. The summed E-state index contributed by atoms with van der Waals surface area (Å²) in [5, 5.41) is 11.0. The molecule has 0 aromatic carbocycles. The van der Waals surface area contributed by atoms with Crippen molar-refractivity contribution in [3.63, 3.8) is 0 Å². The van der Waals surface area contributed by atoms with Crippen LogP contribution in [-0.2, 0) is 0 Å². The molecule has 0 aliphatic carbocycles. The Kier molecular flexibility index (Phi) is 1.75. The highest BCUT2D eigenvalue weighted by Crippen LogP contribution is 2.22. The molecule has 0 spiro atoms. The van der Waals surface area contributed by atoms with Crippen molar-refractivity contribution in [1.82, 2.24) is 9.36 Å². The number of aromatic hydroxyl groups is 1. The van der Waals surface area contributed by atoms with Gasteiger partial charge in [0.2, 0.25) is 0 Å². The zero-order valence-corrected chi connectivity index (χ0v) is 6.95. The minimum Gasteiger partial charge on any atom is -0.506 e. The largest absolute Gasteiger partial charge is 0.506 e. The molecule has 60 valence electrons. The lowest BCUT2D eigenvalue weighted by Gasteiger charge is -1.95. The molecule has 2 aromatic rings. The zero-order chi connectivity index (χ0) is 8.39. The molecule has 0 saturated heterocycles. The van der Waals surface area contributed by atoms with Crippen LogP contribution in [0, 0.1) is 0 Å². The summed E-state index contributed by atoms with van der Waals surface area (Å²) in [6.07, 6.45) is 4.86. The first kappa shape index (κ1) is 7.24. The Morgan fingerprint density at radius 1 is 1.17 bits per heavy atom. The SMILES string of the molecule is Oc1cncc(-c2cnsc2)c1. The van der Waals surface area contributed by atoms with Gasteiger partial charge in [0.25, 0.3) is 0 Å². The van der Waals surface area contributed by atoms with E-state index in [4.69, 9.17) is 5.11 Å². The van der Waals surface area contributed by atoms with Crippen LogP contribution >= 0.6 is 11.5 Å². The van der Waals surface area contributed by atoms with Gasteiger partial charge in [0.1, 0.15) is 5.75 Å². The van der Waals surface area contributed by atoms with Crippen molar-refractivity contribution in [1.29, 1.82) is 0 Å². The van der Waals surface area contributed by atoms with Gasteiger partial charge >= 0.3 is 0 Å². The first-order valence-corrected chi connectivity index (χ1v) is 4.24. The Hall–Kier alpha value is -1.42. The quantitative estimate of drug-likeness (QED) is 0.725. The van der Waals surface area contributed by atoms with Crippen molar-refractivity contribution >= 4 is 11.5 Å². The molecule has 0 bridgehead atoms. The maximum absolute atomic E-state index is 9.13. The minimum atomic E-state index is 0.179. The molecule has 0 amide bonds. The highest BCUT2D eigenvalue weighted by Gasteiger charge is 1.99. The van der Waals surface area contributed by atoms with Gasteiger partial charge in [-0.15, -0.1) is 0 Å². The van der Waals surface area contributed by atoms with E-state index in [9.17, 15) is 0 Å². The van der Waals surface area contributed by atoms with E-state index in [1.54, 1.807) is 18.5 Å². The molecule has 2 heterocycles. The van der Waals surface area contributed by atoms with Crippen molar-refractivity contribution in [2.75, 3.05) is 0 Å². The molecule has 12 heavy (non-hydrogen) atoms. The molecule has 0 aliphatic rings. The molecule has 0 radical (unpaired) electrons. The van der Waals surface area contributed by atoms with Crippen LogP contribution < -0.4 is 0 Å². The Morgan fingerprint density at radius 3 is 2.75 bits per heavy atom. The van der Waals surface area contributed by atoms with Crippen LogP contribution in [0.25, 0.3) is 11.1 Å². The number of nitrogens with zero attached hydrogens (tertiary/aromatic N) is 2. The molecule has 3 nitrogen and oxygen atoms in total. The Bertz CT molecular complexity index is 372. The van der Waals surface area contributed by atoms with Crippen LogP contribution in [0.5, 0.6) is 5.75 Å². The molecule has 0 fully saturated rings. The highest BCUT2D eigenvalue weighted by atomic mass is 32.1. The van der Waals surface area contributed by atoms with Crippen LogP contribution in [0.3, 0.4) is 0 Å². The molecule has 2 aromatic heterocycles. The summed E-state index contributed by atoms with van der Waals surface area (Å²) in [5.41, 5.74) is 1.88. The van der Waals surface area contributed by atoms with Gasteiger partial charge in [0, 0.05) is 28.9 Å². The van der Waals surface area contributed by atoms with Crippen molar-refractivity contribution in [3.8, 4) is 16.9 Å². The standard InChI is InChI=1S/C8H6N2OS/c11-8-1-6(2-9-4-8)7-3-10-12-5-7/h1-5,11H. The van der Waals surface area contributed by atoms with Crippen molar-refractivity contribution in [2.24, 2.45) is 0 Å². The summed E-state index contributed by atoms with van der Waals surface area (Å²) < 4.78 is 3.96. The third-order valence-corrected chi connectivity index (χ3v) is 2.08. The molecular formula is C8H6N2OS. The molecule has 1 N–H and O–H groups in total. The van der Waals surface area contributed by atoms with Gasteiger partial charge in [0.15, 0.2) is 0 Å². The molecule has 0 unspecified atom stereocenters. The van der Waals surface area contributed by atoms with Crippen molar-refractivity contribution < 1.29 is 5.11 Å². The zero-order valence-electron chi connectivity index (χ0n) is 6.14. The van der Waals surface area contributed by atoms with Gasteiger partial charge in [-0.25, -0.2) is 4.37 Å². The summed E-state index contributed by atoms with van der Waals surface area (Å²) in [4.78, 5) is 3.87. The van der Waals surface area contributed by atoms with Crippen LogP contribution in [0.4, 0.5) is 0 Å². The van der Waals surface area contributed by atoms with Crippen LogP contribution in [-0.4, -0.2) is 14.5 Å². The van der Waals surface area contributed by atoms with Gasteiger partial charge in [-0.1, -0.05) is 0 Å². The smallest absolute Gasteiger partial charge is 0.134 e. The molecule has 0 saturated carbocycles. The predicted octanol–water partition coefficient (Wildman–Crippen LogP) is 1.91. The van der Waals surface area contributed by atoms with Crippen LogP contribution in [0.2, 0.25) is 0 Å². The lowest BCUT2D eigenvalue weighted by molar-refractivity contribution is 0.473. The van der Waals surface area contributed by atoms with E-state index in [2.05, 4.69) is 9.36 Å². The van der Waals surface area contributed by atoms with Crippen LogP contribution in [0.15, 0.2) is 30.0 Å². The van der Waals surface area contributed by atoms with E-state index in [1.807, 2.05) is 5.38 Å². The fourth-order valence-electron chi connectivity index (χ4n) is 0.933. The monoisotopic (exact) mass is 178 g/mol. The van der Waals surface area contributed by atoms with E-state index in [-0.39, 0.29) is 5.75 Å². The minimum absolute atomic E-state index is 0.179. The molecule has 0 atom stereocenters. The van der Waals surface area contributed by atoms with Crippen molar-refractivity contribution in [2.45, 2.75) is 0 Å². The van der Waals surface area contributed by atoms with Crippen LogP contribution in [0.1, 0.15) is 0 Å². The number of hydrogen-bond donors (Lipinski definition) is 1. The van der Waals surface area contributed by atoms with Gasteiger partial charge in [0.05, 0.1) is 6.20 Å². The molecular weight excluding hydrogens is 172 g/mol. The molecule has 0 aliphatic heterocycles. The fourth-order valence-corrected chi connectivity index (χ4v) is 1.48. The van der Waals surface area contributed by atoms with E-state index >= 15 is 0 Å². The number of aromatic nitrogens is 2. The molecule has 2 rings (SSSR count). The Morgan fingerprint density at radius 2 is 2.08 bits per heavy atom. The second-order valence-corrected chi connectivity index (χ2v) is 3.00. The Balaban J connectivity index is 2.48. The van der Waals surface area contributed by atoms with E-state index in [1.165, 1.54) is 17.7 Å². The maximum Gasteiger partial charge on any atom is 0.134 e. The summed E-state index contributed by atoms with van der Waals surface area (Å²) >= 11 is 1.38. The van der Waals surface area contributed by atoms with Gasteiger partial charge in [-0.05, 0) is 17.6 Å². The second-order valence-electron chi connectivity index (χ2n) is 2.34. The summed E-state index contributed by atoms with van der Waals surface area (Å²) in [6.45, 7) is 0. The fraction of sp³-hybridized carbons (Fsp3) is 0. The molecule has 4 heteroatoms. The van der Waals surface area contributed by atoms with E-state index in [0.717, 1.165) is 11.1 Å². The predicted molar refractivity (Wildman–Crippen MR) is 47.0 cm³/mol. The Labute approximate surface area is 73.5 Å². The normalized spacial score (nSPS) is 10.0. The lowest BCUT2D eigenvalue weighted by atomic mass is 10.2. The van der Waals surface area contributed by atoms with Gasteiger partial charge < -0.3 is 5.11 Å². The summed E-state index contributed by atoms with van der Waals surface area (Å²) in [6, 6.07) is 1.66.